The third kappa shape index (κ3) is 2.94. The van der Waals surface area contributed by atoms with Crippen LogP contribution in [0.25, 0.3) is 0 Å². The zero-order valence-electron chi connectivity index (χ0n) is 12.0. The van der Waals surface area contributed by atoms with Gasteiger partial charge < -0.3 is 0 Å². The molecule has 1 fully saturated rings. The molecule has 0 amide bonds. The van der Waals surface area contributed by atoms with E-state index in [-0.39, 0.29) is 11.0 Å². The summed E-state index contributed by atoms with van der Waals surface area (Å²) >= 11 is 5.90. The fraction of sp³-hybridized carbons (Fsp3) is 0.562. The standard InChI is InChI=1S/C16H21ClN2/c1-14(2,3)19-16(11-18)10-15(16,4)9-12-5-7-13(17)8-6-12/h5-8,19H,9-10H2,1-4H3/t15-,16+/m0/s1. The molecule has 0 bridgehead atoms. The van der Waals surface area contributed by atoms with Crippen molar-refractivity contribution in [2.45, 2.75) is 51.6 Å². The summed E-state index contributed by atoms with van der Waals surface area (Å²) in [7, 11) is 0. The van der Waals surface area contributed by atoms with E-state index in [4.69, 9.17) is 11.6 Å². The topological polar surface area (TPSA) is 35.8 Å². The van der Waals surface area contributed by atoms with E-state index in [1.165, 1.54) is 5.56 Å². The highest BCUT2D eigenvalue weighted by atomic mass is 35.5. The van der Waals surface area contributed by atoms with Crippen LogP contribution < -0.4 is 5.32 Å². The van der Waals surface area contributed by atoms with E-state index in [0.29, 0.717) is 0 Å². The van der Waals surface area contributed by atoms with Crippen LogP contribution in [0.3, 0.4) is 0 Å². The van der Waals surface area contributed by atoms with E-state index < -0.39 is 5.54 Å². The Hall–Kier alpha value is -1.04. The maximum atomic E-state index is 9.54. The van der Waals surface area contributed by atoms with E-state index in [1.807, 2.05) is 24.3 Å². The predicted octanol–water partition coefficient (Wildman–Crippen LogP) is 3.94. The summed E-state index contributed by atoms with van der Waals surface area (Å²) in [5, 5.41) is 13.8. The summed E-state index contributed by atoms with van der Waals surface area (Å²) in [5.74, 6) is 0. The molecular weight excluding hydrogens is 256 g/mol. The number of nitrogens with one attached hydrogen (secondary N) is 1. The molecule has 0 heterocycles. The summed E-state index contributed by atoms with van der Waals surface area (Å²) in [4.78, 5) is 0. The van der Waals surface area contributed by atoms with Crippen LogP contribution in [0.15, 0.2) is 24.3 Å². The number of benzene rings is 1. The van der Waals surface area contributed by atoms with Crippen molar-refractivity contribution in [2.24, 2.45) is 5.41 Å². The van der Waals surface area contributed by atoms with Crippen LogP contribution in [0.1, 0.15) is 39.7 Å². The molecule has 102 valence electrons. The number of halogens is 1. The van der Waals surface area contributed by atoms with Gasteiger partial charge in [-0.25, -0.2) is 0 Å². The third-order valence-corrected chi connectivity index (χ3v) is 4.10. The summed E-state index contributed by atoms with van der Waals surface area (Å²) in [6.07, 6.45) is 1.80. The van der Waals surface area contributed by atoms with Crippen molar-refractivity contribution in [3.05, 3.63) is 34.9 Å². The summed E-state index contributed by atoms with van der Waals surface area (Å²) in [6.45, 7) is 8.50. The number of nitrogens with zero attached hydrogens (tertiary/aromatic N) is 1. The molecule has 2 rings (SSSR count). The molecule has 1 aromatic carbocycles. The molecule has 0 saturated heterocycles. The highest BCUT2D eigenvalue weighted by molar-refractivity contribution is 6.30. The lowest BCUT2D eigenvalue weighted by molar-refractivity contribution is 0.334. The molecule has 3 heteroatoms. The fourth-order valence-corrected chi connectivity index (χ4v) is 2.97. The first-order valence-corrected chi connectivity index (χ1v) is 7.03. The minimum atomic E-state index is -0.398. The van der Waals surface area contributed by atoms with Gasteiger partial charge in [0.25, 0.3) is 0 Å². The Kier molecular flexibility index (Phi) is 3.41. The van der Waals surface area contributed by atoms with Crippen LogP contribution in [-0.2, 0) is 6.42 Å². The van der Waals surface area contributed by atoms with E-state index in [0.717, 1.165) is 17.9 Å². The average molecular weight is 277 g/mol. The molecular formula is C16H21ClN2. The van der Waals surface area contributed by atoms with Gasteiger partial charge in [0.05, 0.1) is 6.07 Å². The first-order chi connectivity index (χ1) is 8.70. The zero-order valence-corrected chi connectivity index (χ0v) is 12.8. The number of hydrogen-bond donors (Lipinski definition) is 1. The third-order valence-electron chi connectivity index (χ3n) is 3.85. The predicted molar refractivity (Wildman–Crippen MR) is 79.1 cm³/mol. The minimum absolute atomic E-state index is 0.00284. The van der Waals surface area contributed by atoms with Gasteiger partial charge in [-0.15, -0.1) is 0 Å². The normalized spacial score (nSPS) is 29.9. The highest BCUT2D eigenvalue weighted by Gasteiger charge is 2.65. The van der Waals surface area contributed by atoms with Crippen LogP contribution in [0.4, 0.5) is 0 Å². The molecule has 1 saturated carbocycles. The van der Waals surface area contributed by atoms with Crippen LogP contribution in [0.2, 0.25) is 5.02 Å². The van der Waals surface area contributed by atoms with Gasteiger partial charge in [-0.2, -0.15) is 5.26 Å². The Bertz CT molecular complexity index is 509. The van der Waals surface area contributed by atoms with Crippen molar-refractivity contribution < 1.29 is 0 Å². The van der Waals surface area contributed by atoms with Crippen molar-refractivity contribution in [1.82, 2.24) is 5.32 Å². The molecule has 2 nitrogen and oxygen atoms in total. The van der Waals surface area contributed by atoms with Crippen LogP contribution in [0, 0.1) is 16.7 Å². The Morgan fingerprint density at radius 1 is 1.32 bits per heavy atom. The van der Waals surface area contributed by atoms with Crippen molar-refractivity contribution in [1.29, 1.82) is 5.26 Å². The molecule has 1 aromatic rings. The molecule has 0 unspecified atom stereocenters. The quantitative estimate of drug-likeness (QED) is 0.908. The molecule has 19 heavy (non-hydrogen) atoms. The second-order valence-corrected chi connectivity index (χ2v) is 7.37. The first kappa shape index (κ1) is 14.4. The summed E-state index contributed by atoms with van der Waals surface area (Å²) in [5.41, 5.74) is 0.793. The lowest BCUT2D eigenvalue weighted by Crippen LogP contribution is -2.47. The molecule has 1 aliphatic rings. The Balaban J connectivity index is 2.13. The van der Waals surface area contributed by atoms with Crippen LogP contribution >= 0.6 is 11.6 Å². The molecule has 1 N–H and O–H groups in total. The van der Waals surface area contributed by atoms with Crippen molar-refractivity contribution in [3.8, 4) is 6.07 Å². The number of rotatable bonds is 3. The van der Waals surface area contributed by atoms with Gasteiger partial charge in [-0.05, 0) is 51.3 Å². The van der Waals surface area contributed by atoms with Gasteiger partial charge in [-0.3, -0.25) is 5.32 Å². The van der Waals surface area contributed by atoms with Crippen LogP contribution in [0.5, 0.6) is 0 Å². The van der Waals surface area contributed by atoms with Gasteiger partial charge in [-0.1, -0.05) is 30.7 Å². The summed E-state index contributed by atoms with van der Waals surface area (Å²) in [6, 6.07) is 10.4. The van der Waals surface area contributed by atoms with E-state index in [9.17, 15) is 5.26 Å². The Morgan fingerprint density at radius 3 is 2.37 bits per heavy atom. The maximum absolute atomic E-state index is 9.54. The van der Waals surface area contributed by atoms with Gasteiger partial charge in [0.15, 0.2) is 0 Å². The van der Waals surface area contributed by atoms with Crippen molar-refractivity contribution in [3.63, 3.8) is 0 Å². The van der Waals surface area contributed by atoms with Crippen LogP contribution in [-0.4, -0.2) is 11.1 Å². The molecule has 2 atom stereocenters. The smallest absolute Gasteiger partial charge is 0.113 e. The molecule has 1 aliphatic carbocycles. The highest BCUT2D eigenvalue weighted by Crippen LogP contribution is 2.58. The lowest BCUT2D eigenvalue weighted by Gasteiger charge is -2.28. The van der Waals surface area contributed by atoms with Gasteiger partial charge in [0, 0.05) is 16.0 Å². The second kappa shape index (κ2) is 4.51. The maximum Gasteiger partial charge on any atom is 0.113 e. The van der Waals surface area contributed by atoms with Crippen molar-refractivity contribution >= 4 is 11.6 Å². The van der Waals surface area contributed by atoms with Crippen molar-refractivity contribution in [2.75, 3.05) is 0 Å². The second-order valence-electron chi connectivity index (χ2n) is 6.93. The summed E-state index contributed by atoms with van der Waals surface area (Å²) < 4.78 is 0. The Labute approximate surface area is 120 Å². The van der Waals surface area contributed by atoms with Gasteiger partial charge >= 0.3 is 0 Å². The van der Waals surface area contributed by atoms with Gasteiger partial charge in [0.2, 0.25) is 0 Å². The monoisotopic (exact) mass is 276 g/mol. The SMILES string of the molecule is CC(C)(C)N[C@@]1(C#N)C[C@]1(C)Cc1ccc(Cl)cc1. The molecule has 0 spiro atoms. The molecule has 0 aromatic heterocycles. The number of nitriles is 1. The van der Waals surface area contributed by atoms with Gasteiger partial charge in [0.1, 0.15) is 5.54 Å². The van der Waals surface area contributed by atoms with E-state index in [2.05, 4.69) is 39.1 Å². The largest absolute Gasteiger partial charge is 0.294 e. The molecule has 0 radical (unpaired) electrons. The van der Waals surface area contributed by atoms with E-state index in [1.54, 1.807) is 0 Å². The van der Waals surface area contributed by atoms with E-state index >= 15 is 0 Å². The minimum Gasteiger partial charge on any atom is -0.294 e. The fourth-order valence-electron chi connectivity index (χ4n) is 2.84. The zero-order chi connectivity index (χ0) is 14.3. The first-order valence-electron chi connectivity index (χ1n) is 6.65. The molecule has 0 aliphatic heterocycles. The lowest BCUT2D eigenvalue weighted by atomic mass is 9.92. The Morgan fingerprint density at radius 2 is 1.89 bits per heavy atom. The number of hydrogen-bond acceptors (Lipinski definition) is 2. The average Bonchev–Trinajstić information content (AvgIpc) is 2.84.